The molecule has 1 aliphatic rings. The van der Waals surface area contributed by atoms with Crippen LogP contribution >= 0.6 is 0 Å². The normalized spacial score (nSPS) is 17.0. The van der Waals surface area contributed by atoms with Gasteiger partial charge in [-0.2, -0.15) is 0 Å². The van der Waals surface area contributed by atoms with E-state index in [2.05, 4.69) is 0 Å². The van der Waals surface area contributed by atoms with Crippen molar-refractivity contribution in [3.8, 4) is 0 Å². The monoisotopic (exact) mass is 399 g/mol. The van der Waals surface area contributed by atoms with E-state index < -0.39 is 23.0 Å². The third-order valence-electron chi connectivity index (χ3n) is 4.77. The molecule has 1 fully saturated rings. The van der Waals surface area contributed by atoms with Crippen molar-refractivity contribution in [2.45, 2.75) is 19.2 Å². The first kappa shape index (κ1) is 20.3. The maximum Gasteiger partial charge on any atom is 0.410 e. The highest BCUT2D eigenvalue weighted by molar-refractivity contribution is 5.76. The van der Waals surface area contributed by atoms with Crippen LogP contribution in [0.3, 0.4) is 0 Å². The van der Waals surface area contributed by atoms with Crippen LogP contribution < -0.4 is 0 Å². The highest BCUT2D eigenvalue weighted by Crippen LogP contribution is 2.18. The molecule has 3 rings (SSSR count). The van der Waals surface area contributed by atoms with E-state index >= 15 is 0 Å². The number of hydrogen-bond acceptors (Lipinski definition) is 6. The van der Waals surface area contributed by atoms with E-state index in [-0.39, 0.29) is 18.8 Å². The van der Waals surface area contributed by atoms with Crippen molar-refractivity contribution >= 4 is 17.7 Å². The number of rotatable bonds is 6. The highest BCUT2D eigenvalue weighted by Gasteiger charge is 2.34. The van der Waals surface area contributed by atoms with E-state index in [0.717, 1.165) is 11.1 Å². The van der Waals surface area contributed by atoms with Crippen molar-refractivity contribution in [3.05, 3.63) is 75.8 Å². The van der Waals surface area contributed by atoms with Gasteiger partial charge >= 0.3 is 12.1 Å². The van der Waals surface area contributed by atoms with Gasteiger partial charge in [-0.05, 0) is 11.1 Å². The number of nitro benzene ring substituents is 1. The molecule has 0 spiro atoms. The Hall–Kier alpha value is -3.46. The molecule has 1 aliphatic heterocycles. The second-order valence-corrected chi connectivity index (χ2v) is 6.73. The molecule has 1 unspecified atom stereocenters. The molecule has 1 N–H and O–H groups in total. The summed E-state index contributed by atoms with van der Waals surface area (Å²) in [5.74, 6) is -1.03. The molecule has 2 aromatic rings. The Kier molecular flexibility index (Phi) is 6.40. The molecule has 1 amide bonds. The highest BCUT2D eigenvalue weighted by atomic mass is 16.6. The molecule has 2 aromatic carbocycles. The molecular formula is C20H21N3O6. The number of benzene rings is 2. The van der Waals surface area contributed by atoms with Gasteiger partial charge in [0.25, 0.3) is 5.69 Å². The average Bonchev–Trinajstić information content (AvgIpc) is 2.73. The van der Waals surface area contributed by atoms with Gasteiger partial charge in [0, 0.05) is 31.8 Å². The summed E-state index contributed by atoms with van der Waals surface area (Å²) in [7, 11) is 0. The number of non-ortho nitro benzene ring substituents is 1. The molecule has 29 heavy (non-hydrogen) atoms. The standard InChI is InChI=1S/C20H21N3O6/c24-19(25)18-13-22(20(26)29-14-16-4-2-1-3-5-16)11-10-21(18)12-15-6-8-17(9-7-15)23(27)28/h1-9,18H,10-14H2,(H,24,25). The van der Waals surface area contributed by atoms with Gasteiger partial charge in [-0.1, -0.05) is 42.5 Å². The topological polar surface area (TPSA) is 113 Å². The maximum absolute atomic E-state index is 12.3. The number of carboxylic acid groups (broad SMARTS) is 1. The van der Waals surface area contributed by atoms with Gasteiger partial charge in [-0.25, -0.2) is 4.79 Å². The number of nitrogens with zero attached hydrogens (tertiary/aromatic N) is 3. The predicted molar refractivity (Wildman–Crippen MR) is 103 cm³/mol. The average molecular weight is 399 g/mol. The number of carboxylic acids is 1. The van der Waals surface area contributed by atoms with Gasteiger partial charge in [-0.3, -0.25) is 19.8 Å². The lowest BCUT2D eigenvalue weighted by atomic mass is 10.1. The first-order valence-electron chi connectivity index (χ1n) is 9.10. The third kappa shape index (κ3) is 5.29. The van der Waals surface area contributed by atoms with Gasteiger partial charge in [-0.15, -0.1) is 0 Å². The van der Waals surface area contributed by atoms with Crippen molar-refractivity contribution in [3.63, 3.8) is 0 Å². The molecule has 1 saturated heterocycles. The van der Waals surface area contributed by atoms with Crippen molar-refractivity contribution in [1.82, 2.24) is 9.80 Å². The van der Waals surface area contributed by atoms with Crippen LogP contribution in [0.15, 0.2) is 54.6 Å². The third-order valence-corrected chi connectivity index (χ3v) is 4.77. The van der Waals surface area contributed by atoms with Crippen molar-refractivity contribution in [2.75, 3.05) is 19.6 Å². The Morgan fingerprint density at radius 1 is 1.07 bits per heavy atom. The maximum atomic E-state index is 12.3. The van der Waals surface area contributed by atoms with Crippen LogP contribution in [-0.2, 0) is 22.7 Å². The molecule has 0 radical (unpaired) electrons. The second kappa shape index (κ2) is 9.16. The van der Waals surface area contributed by atoms with Crippen LogP contribution in [-0.4, -0.2) is 57.6 Å². The molecule has 152 valence electrons. The largest absolute Gasteiger partial charge is 0.480 e. The van der Waals surface area contributed by atoms with Crippen molar-refractivity contribution in [2.24, 2.45) is 0 Å². The molecule has 0 saturated carbocycles. The van der Waals surface area contributed by atoms with Crippen LogP contribution in [0.5, 0.6) is 0 Å². The predicted octanol–water partition coefficient (Wildman–Crippen LogP) is 2.50. The lowest BCUT2D eigenvalue weighted by molar-refractivity contribution is -0.384. The van der Waals surface area contributed by atoms with Gasteiger partial charge in [0.15, 0.2) is 0 Å². The number of piperazine rings is 1. The van der Waals surface area contributed by atoms with Crippen LogP contribution in [0, 0.1) is 10.1 Å². The van der Waals surface area contributed by atoms with Gasteiger partial charge in [0.05, 0.1) is 11.5 Å². The molecule has 1 heterocycles. The number of carbonyl (C=O) groups excluding carboxylic acids is 1. The summed E-state index contributed by atoms with van der Waals surface area (Å²) in [4.78, 5) is 37.5. The molecule has 9 nitrogen and oxygen atoms in total. The fourth-order valence-corrected chi connectivity index (χ4v) is 3.18. The minimum Gasteiger partial charge on any atom is -0.480 e. The van der Waals surface area contributed by atoms with E-state index in [9.17, 15) is 24.8 Å². The number of aliphatic carboxylic acids is 1. The second-order valence-electron chi connectivity index (χ2n) is 6.73. The van der Waals surface area contributed by atoms with E-state index in [1.165, 1.54) is 17.0 Å². The Balaban J connectivity index is 1.59. The first-order chi connectivity index (χ1) is 13.9. The molecule has 1 atom stereocenters. The van der Waals surface area contributed by atoms with E-state index in [0.29, 0.717) is 19.6 Å². The number of hydrogen-bond donors (Lipinski definition) is 1. The molecule has 0 bridgehead atoms. The number of amides is 1. The minimum atomic E-state index is -1.03. The summed E-state index contributed by atoms with van der Waals surface area (Å²) in [5, 5.41) is 20.4. The Morgan fingerprint density at radius 3 is 2.38 bits per heavy atom. The van der Waals surface area contributed by atoms with E-state index in [1.807, 2.05) is 30.3 Å². The lowest BCUT2D eigenvalue weighted by Gasteiger charge is -2.38. The fourth-order valence-electron chi connectivity index (χ4n) is 3.18. The number of carbonyl (C=O) groups is 2. The summed E-state index contributed by atoms with van der Waals surface area (Å²) in [6.07, 6.45) is -0.546. The number of ether oxygens (including phenoxy) is 1. The Labute approximate surface area is 167 Å². The van der Waals surface area contributed by atoms with Crippen LogP contribution in [0.2, 0.25) is 0 Å². The summed E-state index contributed by atoms with van der Waals surface area (Å²) in [6.45, 7) is 1.15. The quantitative estimate of drug-likeness (QED) is 0.586. The molecular weight excluding hydrogens is 378 g/mol. The van der Waals surface area contributed by atoms with Crippen molar-refractivity contribution in [1.29, 1.82) is 0 Å². The summed E-state index contributed by atoms with van der Waals surface area (Å²) in [6, 6.07) is 14.4. The van der Waals surface area contributed by atoms with Crippen LogP contribution in [0.1, 0.15) is 11.1 Å². The smallest absolute Gasteiger partial charge is 0.410 e. The SMILES string of the molecule is O=C(O)C1CN(C(=O)OCc2ccccc2)CCN1Cc1ccc([N+](=O)[O-])cc1. The van der Waals surface area contributed by atoms with Crippen LogP contribution in [0.25, 0.3) is 0 Å². The molecule has 0 aromatic heterocycles. The lowest BCUT2D eigenvalue weighted by Crippen LogP contribution is -2.57. The molecule has 0 aliphatic carbocycles. The zero-order valence-corrected chi connectivity index (χ0v) is 15.6. The zero-order chi connectivity index (χ0) is 20.8. The zero-order valence-electron chi connectivity index (χ0n) is 15.6. The van der Waals surface area contributed by atoms with Crippen molar-refractivity contribution < 1.29 is 24.4 Å². The fraction of sp³-hybridized carbons (Fsp3) is 0.300. The van der Waals surface area contributed by atoms with E-state index in [1.54, 1.807) is 17.0 Å². The summed E-state index contributed by atoms with van der Waals surface area (Å²) < 4.78 is 5.30. The first-order valence-corrected chi connectivity index (χ1v) is 9.10. The van der Waals surface area contributed by atoms with E-state index in [4.69, 9.17) is 4.74 Å². The van der Waals surface area contributed by atoms with Crippen LogP contribution in [0.4, 0.5) is 10.5 Å². The molecule has 9 heteroatoms. The number of nitro groups is 1. The Morgan fingerprint density at radius 2 is 1.76 bits per heavy atom. The summed E-state index contributed by atoms with van der Waals surface area (Å²) >= 11 is 0. The van der Waals surface area contributed by atoms with Gasteiger partial charge in [0.2, 0.25) is 0 Å². The van der Waals surface area contributed by atoms with Gasteiger partial charge < -0.3 is 14.7 Å². The minimum absolute atomic E-state index is 0.00986. The van der Waals surface area contributed by atoms with Gasteiger partial charge in [0.1, 0.15) is 12.6 Å². The Bertz CT molecular complexity index is 872. The summed E-state index contributed by atoms with van der Waals surface area (Å²) in [5.41, 5.74) is 1.60.